The summed E-state index contributed by atoms with van der Waals surface area (Å²) in [6.45, 7) is 4.27. The van der Waals surface area contributed by atoms with Crippen molar-refractivity contribution in [3.05, 3.63) is 70.8 Å². The van der Waals surface area contributed by atoms with E-state index in [9.17, 15) is 4.79 Å². The first kappa shape index (κ1) is 14.5. The molecule has 0 aliphatic rings. The average Bonchev–Trinajstić information content (AvgIpc) is 2.48. The molecule has 0 N–H and O–H groups in total. The van der Waals surface area contributed by atoms with Gasteiger partial charge in [-0.3, -0.25) is 4.79 Å². The third-order valence-electron chi connectivity index (χ3n) is 3.77. The highest BCUT2D eigenvalue weighted by Crippen LogP contribution is 2.14. The molecular formula is C19H22O. The number of hydrogen-bond donors (Lipinski definition) is 0. The number of Topliss-reactive ketones (excluding diaryl/α,β-unsaturated/α-hetero) is 1. The second-order valence-electron chi connectivity index (χ2n) is 5.14. The van der Waals surface area contributed by atoms with Crippen molar-refractivity contribution in [2.75, 3.05) is 0 Å². The summed E-state index contributed by atoms with van der Waals surface area (Å²) in [4.78, 5) is 12.3. The molecule has 0 aliphatic heterocycles. The predicted octanol–water partition coefficient (Wildman–Crippen LogP) is 4.17. The highest BCUT2D eigenvalue weighted by Gasteiger charge is 2.09. The molecule has 0 heterocycles. The Hall–Kier alpha value is -1.89. The van der Waals surface area contributed by atoms with Gasteiger partial charge in [-0.05, 0) is 35.1 Å². The van der Waals surface area contributed by atoms with Crippen molar-refractivity contribution < 1.29 is 4.79 Å². The maximum Gasteiger partial charge on any atom is 0.141 e. The minimum atomic E-state index is 0.298. The van der Waals surface area contributed by atoms with Crippen LogP contribution in [-0.4, -0.2) is 5.78 Å². The van der Waals surface area contributed by atoms with Gasteiger partial charge in [0.25, 0.3) is 0 Å². The van der Waals surface area contributed by atoms with E-state index in [2.05, 4.69) is 38.1 Å². The van der Waals surface area contributed by atoms with Gasteiger partial charge in [-0.2, -0.15) is 0 Å². The maximum atomic E-state index is 12.3. The highest BCUT2D eigenvalue weighted by atomic mass is 16.1. The minimum Gasteiger partial charge on any atom is -0.299 e. The molecule has 0 unspecified atom stereocenters. The zero-order valence-corrected chi connectivity index (χ0v) is 12.4. The molecule has 0 atom stereocenters. The highest BCUT2D eigenvalue weighted by molar-refractivity contribution is 5.83. The van der Waals surface area contributed by atoms with Crippen LogP contribution in [-0.2, 0) is 30.5 Å². The largest absolute Gasteiger partial charge is 0.299 e. The molecule has 0 saturated heterocycles. The fourth-order valence-corrected chi connectivity index (χ4v) is 2.64. The number of hydrogen-bond acceptors (Lipinski definition) is 1. The maximum absolute atomic E-state index is 12.3. The number of rotatable bonds is 6. The Bertz CT molecular complexity index is 532. The molecule has 1 nitrogen and oxygen atoms in total. The van der Waals surface area contributed by atoms with Gasteiger partial charge in [0.05, 0.1) is 0 Å². The summed E-state index contributed by atoms with van der Waals surface area (Å²) >= 11 is 0. The van der Waals surface area contributed by atoms with E-state index in [0.717, 1.165) is 12.8 Å². The van der Waals surface area contributed by atoms with Crippen LogP contribution in [0.3, 0.4) is 0 Å². The molecule has 2 aromatic rings. The summed E-state index contributed by atoms with van der Waals surface area (Å²) in [6.07, 6.45) is 3.05. The Morgan fingerprint density at radius 3 is 1.40 bits per heavy atom. The third-order valence-corrected chi connectivity index (χ3v) is 3.77. The lowest BCUT2D eigenvalue weighted by molar-refractivity contribution is -0.117. The Balaban J connectivity index is 2.09. The molecule has 0 bridgehead atoms. The summed E-state index contributed by atoms with van der Waals surface area (Å²) in [5.41, 5.74) is 4.91. The van der Waals surface area contributed by atoms with Crippen LogP contribution in [0.4, 0.5) is 0 Å². The van der Waals surface area contributed by atoms with Crippen molar-refractivity contribution in [2.45, 2.75) is 39.5 Å². The number of ketones is 1. The Morgan fingerprint density at radius 2 is 1.05 bits per heavy atom. The standard InChI is InChI=1S/C19H22O/c1-3-15-9-5-7-11-17(15)13-19(20)14-18-12-8-6-10-16(18)4-2/h5-12H,3-4,13-14H2,1-2H3. The summed E-state index contributed by atoms with van der Waals surface area (Å²) < 4.78 is 0. The molecule has 1 heteroatoms. The van der Waals surface area contributed by atoms with Crippen LogP contribution in [0, 0.1) is 0 Å². The van der Waals surface area contributed by atoms with E-state index in [-0.39, 0.29) is 0 Å². The lowest BCUT2D eigenvalue weighted by Crippen LogP contribution is -2.09. The third kappa shape index (κ3) is 3.57. The van der Waals surface area contributed by atoms with Gasteiger partial charge in [-0.1, -0.05) is 62.4 Å². The SMILES string of the molecule is CCc1ccccc1CC(=O)Cc1ccccc1CC. The molecule has 2 rings (SSSR count). The second kappa shape index (κ2) is 7.04. The van der Waals surface area contributed by atoms with E-state index in [0.29, 0.717) is 18.6 Å². The predicted molar refractivity (Wildman–Crippen MR) is 84.1 cm³/mol. The molecule has 0 saturated carbocycles. The summed E-state index contributed by atoms with van der Waals surface area (Å²) in [5.74, 6) is 0.298. The van der Waals surface area contributed by atoms with E-state index in [1.54, 1.807) is 0 Å². The zero-order chi connectivity index (χ0) is 14.4. The van der Waals surface area contributed by atoms with Gasteiger partial charge in [-0.15, -0.1) is 0 Å². The van der Waals surface area contributed by atoms with Crippen LogP contribution in [0.15, 0.2) is 48.5 Å². The number of carbonyl (C=O) groups is 1. The van der Waals surface area contributed by atoms with Gasteiger partial charge in [-0.25, -0.2) is 0 Å². The van der Waals surface area contributed by atoms with Gasteiger partial charge < -0.3 is 0 Å². The lowest BCUT2D eigenvalue weighted by atomic mass is 9.95. The summed E-state index contributed by atoms with van der Waals surface area (Å²) in [5, 5.41) is 0. The van der Waals surface area contributed by atoms with Crippen molar-refractivity contribution in [1.29, 1.82) is 0 Å². The van der Waals surface area contributed by atoms with Gasteiger partial charge in [0.1, 0.15) is 5.78 Å². The van der Waals surface area contributed by atoms with E-state index in [4.69, 9.17) is 0 Å². The Kier molecular flexibility index (Phi) is 5.11. The monoisotopic (exact) mass is 266 g/mol. The lowest BCUT2D eigenvalue weighted by Gasteiger charge is -2.09. The normalized spacial score (nSPS) is 10.5. The molecule has 0 aliphatic carbocycles. The van der Waals surface area contributed by atoms with E-state index < -0.39 is 0 Å². The van der Waals surface area contributed by atoms with Crippen LogP contribution < -0.4 is 0 Å². The van der Waals surface area contributed by atoms with Crippen LogP contribution in [0.25, 0.3) is 0 Å². The van der Waals surface area contributed by atoms with Crippen molar-refractivity contribution >= 4 is 5.78 Å². The van der Waals surface area contributed by atoms with E-state index in [1.807, 2.05) is 24.3 Å². The molecular weight excluding hydrogens is 244 g/mol. The molecule has 0 amide bonds. The first-order valence-corrected chi connectivity index (χ1v) is 7.39. The number of benzene rings is 2. The summed E-state index contributed by atoms with van der Waals surface area (Å²) in [7, 11) is 0. The van der Waals surface area contributed by atoms with Crippen molar-refractivity contribution in [3.63, 3.8) is 0 Å². The smallest absolute Gasteiger partial charge is 0.141 e. The first-order chi connectivity index (χ1) is 9.74. The molecule has 0 radical (unpaired) electrons. The quantitative estimate of drug-likeness (QED) is 0.767. The van der Waals surface area contributed by atoms with Crippen LogP contribution in [0.1, 0.15) is 36.1 Å². The van der Waals surface area contributed by atoms with Crippen molar-refractivity contribution in [3.8, 4) is 0 Å². The molecule has 104 valence electrons. The molecule has 0 aromatic heterocycles. The average molecular weight is 266 g/mol. The van der Waals surface area contributed by atoms with Crippen LogP contribution >= 0.6 is 0 Å². The van der Waals surface area contributed by atoms with Crippen LogP contribution in [0.2, 0.25) is 0 Å². The van der Waals surface area contributed by atoms with E-state index in [1.165, 1.54) is 22.3 Å². The van der Waals surface area contributed by atoms with Crippen LogP contribution in [0.5, 0.6) is 0 Å². The minimum absolute atomic E-state index is 0.298. The van der Waals surface area contributed by atoms with Gasteiger partial charge in [0.2, 0.25) is 0 Å². The van der Waals surface area contributed by atoms with Crippen molar-refractivity contribution in [2.24, 2.45) is 0 Å². The second-order valence-corrected chi connectivity index (χ2v) is 5.14. The number of aryl methyl sites for hydroxylation is 2. The molecule has 0 spiro atoms. The fraction of sp³-hybridized carbons (Fsp3) is 0.316. The number of carbonyl (C=O) groups excluding carboxylic acids is 1. The van der Waals surface area contributed by atoms with Crippen molar-refractivity contribution in [1.82, 2.24) is 0 Å². The van der Waals surface area contributed by atoms with Gasteiger partial charge >= 0.3 is 0 Å². The topological polar surface area (TPSA) is 17.1 Å². The van der Waals surface area contributed by atoms with Gasteiger partial charge in [0.15, 0.2) is 0 Å². The first-order valence-electron chi connectivity index (χ1n) is 7.39. The molecule has 2 aromatic carbocycles. The molecule has 0 fully saturated rings. The fourth-order valence-electron chi connectivity index (χ4n) is 2.64. The summed E-state index contributed by atoms with van der Waals surface area (Å²) in [6, 6.07) is 16.5. The zero-order valence-electron chi connectivity index (χ0n) is 12.4. The molecule has 20 heavy (non-hydrogen) atoms. The Morgan fingerprint density at radius 1 is 0.700 bits per heavy atom. The van der Waals surface area contributed by atoms with Gasteiger partial charge in [0, 0.05) is 12.8 Å². The van der Waals surface area contributed by atoms with E-state index >= 15 is 0 Å². The Labute approximate surface area is 121 Å².